The van der Waals surface area contributed by atoms with Gasteiger partial charge in [-0.3, -0.25) is 4.79 Å². The van der Waals surface area contributed by atoms with Gasteiger partial charge in [-0.25, -0.2) is 9.37 Å². The highest BCUT2D eigenvalue weighted by atomic mass is 19.1. The number of imidazole rings is 1. The third-order valence-corrected chi connectivity index (χ3v) is 3.81. The van der Waals surface area contributed by atoms with E-state index in [0.717, 1.165) is 5.56 Å². The zero-order valence-electron chi connectivity index (χ0n) is 13.5. The molecule has 5 nitrogen and oxygen atoms in total. The van der Waals surface area contributed by atoms with Crippen LogP contribution in [0.1, 0.15) is 28.4 Å². The Morgan fingerprint density at radius 3 is 2.80 bits per heavy atom. The Hall–Kier alpha value is -3.46. The molecule has 1 heterocycles. The van der Waals surface area contributed by atoms with Gasteiger partial charge in [-0.2, -0.15) is 5.26 Å². The molecule has 6 heteroatoms. The molecule has 0 aliphatic carbocycles. The number of hydrogen-bond donors (Lipinski definition) is 1. The largest absolute Gasteiger partial charge is 0.380 e. The summed E-state index contributed by atoms with van der Waals surface area (Å²) in [7, 11) is 0. The molecule has 0 unspecified atom stereocenters. The number of benzene rings is 2. The SMILES string of the molecule is CC(=O)c1ccc(C#N)cc1NCc1ccc(-n2ccnc2)c(F)c1. The first kappa shape index (κ1) is 16.4. The summed E-state index contributed by atoms with van der Waals surface area (Å²) in [5, 5.41) is 12.1. The van der Waals surface area contributed by atoms with Gasteiger partial charge in [0.1, 0.15) is 5.82 Å². The lowest BCUT2D eigenvalue weighted by molar-refractivity contribution is 0.101. The van der Waals surface area contributed by atoms with Crippen molar-refractivity contribution in [1.29, 1.82) is 5.26 Å². The van der Waals surface area contributed by atoms with Crippen molar-refractivity contribution in [3.8, 4) is 11.8 Å². The van der Waals surface area contributed by atoms with Gasteiger partial charge in [-0.05, 0) is 42.8 Å². The molecule has 124 valence electrons. The van der Waals surface area contributed by atoms with Crippen LogP contribution in [0.25, 0.3) is 5.69 Å². The third kappa shape index (κ3) is 3.56. The second-order valence-corrected chi connectivity index (χ2v) is 5.54. The lowest BCUT2D eigenvalue weighted by atomic mass is 10.1. The summed E-state index contributed by atoms with van der Waals surface area (Å²) in [4.78, 5) is 15.6. The predicted molar refractivity (Wildman–Crippen MR) is 92.0 cm³/mol. The number of Topliss-reactive ketones (excluding diaryl/α,β-unsaturated/α-hetero) is 1. The fourth-order valence-electron chi connectivity index (χ4n) is 2.54. The number of nitrogens with zero attached hydrogens (tertiary/aromatic N) is 3. The van der Waals surface area contributed by atoms with Crippen molar-refractivity contribution < 1.29 is 9.18 Å². The molecule has 0 saturated heterocycles. The van der Waals surface area contributed by atoms with E-state index in [-0.39, 0.29) is 11.6 Å². The molecule has 0 aliphatic heterocycles. The number of nitrogens with one attached hydrogen (secondary N) is 1. The van der Waals surface area contributed by atoms with Gasteiger partial charge in [0.05, 0.1) is 23.6 Å². The molecular weight excluding hydrogens is 319 g/mol. The second-order valence-electron chi connectivity index (χ2n) is 5.54. The first-order valence-electron chi connectivity index (χ1n) is 7.64. The van der Waals surface area contributed by atoms with Gasteiger partial charge >= 0.3 is 0 Å². The Bertz CT molecular complexity index is 958. The first-order chi connectivity index (χ1) is 12.1. The third-order valence-electron chi connectivity index (χ3n) is 3.81. The van der Waals surface area contributed by atoms with Crippen LogP contribution in [0.2, 0.25) is 0 Å². The molecule has 0 spiro atoms. The smallest absolute Gasteiger partial charge is 0.161 e. The molecule has 0 radical (unpaired) electrons. The van der Waals surface area contributed by atoms with Crippen LogP contribution >= 0.6 is 0 Å². The van der Waals surface area contributed by atoms with Crippen LogP contribution in [0.4, 0.5) is 10.1 Å². The number of halogens is 1. The van der Waals surface area contributed by atoms with Crippen molar-refractivity contribution >= 4 is 11.5 Å². The molecule has 25 heavy (non-hydrogen) atoms. The molecule has 0 fully saturated rings. The maximum atomic E-state index is 14.3. The van der Waals surface area contributed by atoms with E-state index in [1.54, 1.807) is 47.3 Å². The Balaban J connectivity index is 1.81. The molecule has 0 bridgehead atoms. The van der Waals surface area contributed by atoms with Gasteiger partial charge < -0.3 is 9.88 Å². The number of ketones is 1. The summed E-state index contributed by atoms with van der Waals surface area (Å²) in [5.41, 5.74) is 2.64. The quantitative estimate of drug-likeness (QED) is 0.722. The zero-order valence-corrected chi connectivity index (χ0v) is 13.5. The van der Waals surface area contributed by atoms with E-state index in [2.05, 4.69) is 10.3 Å². The number of anilines is 1. The van der Waals surface area contributed by atoms with Gasteiger partial charge in [0, 0.05) is 30.2 Å². The molecule has 0 aliphatic rings. The van der Waals surface area contributed by atoms with E-state index in [4.69, 9.17) is 5.26 Å². The fraction of sp³-hybridized carbons (Fsp3) is 0.105. The van der Waals surface area contributed by atoms with E-state index < -0.39 is 0 Å². The lowest BCUT2D eigenvalue weighted by Gasteiger charge is -2.12. The van der Waals surface area contributed by atoms with Crippen LogP contribution in [-0.2, 0) is 6.54 Å². The molecule has 3 rings (SSSR count). The van der Waals surface area contributed by atoms with Crippen molar-refractivity contribution in [3.05, 3.63) is 77.6 Å². The molecular formula is C19H15FN4O. The summed E-state index contributed by atoms with van der Waals surface area (Å²) in [6, 6.07) is 11.8. The summed E-state index contributed by atoms with van der Waals surface area (Å²) < 4.78 is 15.9. The van der Waals surface area contributed by atoms with Crippen LogP contribution in [0.3, 0.4) is 0 Å². The highest BCUT2D eigenvalue weighted by molar-refractivity contribution is 5.99. The van der Waals surface area contributed by atoms with Crippen LogP contribution in [0, 0.1) is 17.1 Å². The van der Waals surface area contributed by atoms with Crippen molar-refractivity contribution in [2.75, 3.05) is 5.32 Å². The molecule has 1 aromatic heterocycles. The summed E-state index contributed by atoms with van der Waals surface area (Å²) >= 11 is 0. The highest BCUT2D eigenvalue weighted by Gasteiger charge is 2.10. The number of carbonyl (C=O) groups is 1. The Morgan fingerprint density at radius 2 is 2.16 bits per heavy atom. The number of nitriles is 1. The Labute approximate surface area is 144 Å². The van der Waals surface area contributed by atoms with Crippen molar-refractivity contribution in [2.24, 2.45) is 0 Å². The van der Waals surface area contributed by atoms with Gasteiger partial charge in [0.2, 0.25) is 0 Å². The fourth-order valence-corrected chi connectivity index (χ4v) is 2.54. The topological polar surface area (TPSA) is 70.7 Å². The van der Waals surface area contributed by atoms with Crippen molar-refractivity contribution in [1.82, 2.24) is 9.55 Å². The second kappa shape index (κ2) is 6.97. The van der Waals surface area contributed by atoms with Crippen molar-refractivity contribution in [2.45, 2.75) is 13.5 Å². The Morgan fingerprint density at radius 1 is 1.32 bits per heavy atom. The molecule has 3 aromatic rings. The van der Waals surface area contributed by atoms with Crippen LogP contribution in [-0.4, -0.2) is 15.3 Å². The van der Waals surface area contributed by atoms with Crippen LogP contribution in [0.5, 0.6) is 0 Å². The lowest BCUT2D eigenvalue weighted by Crippen LogP contribution is -2.06. The predicted octanol–water partition coefficient (Wildman–Crippen LogP) is 3.70. The maximum absolute atomic E-state index is 14.3. The summed E-state index contributed by atoms with van der Waals surface area (Å²) in [6.45, 7) is 1.79. The highest BCUT2D eigenvalue weighted by Crippen LogP contribution is 2.20. The Kier molecular flexibility index (Phi) is 4.57. The van der Waals surface area contributed by atoms with Crippen molar-refractivity contribution in [3.63, 3.8) is 0 Å². The van der Waals surface area contributed by atoms with E-state index in [1.807, 2.05) is 6.07 Å². The molecule has 0 atom stereocenters. The van der Waals surface area contributed by atoms with Gasteiger partial charge in [-0.1, -0.05) is 6.07 Å². The van der Waals surface area contributed by atoms with E-state index in [0.29, 0.717) is 29.0 Å². The number of hydrogen-bond acceptors (Lipinski definition) is 4. The zero-order chi connectivity index (χ0) is 17.8. The van der Waals surface area contributed by atoms with E-state index >= 15 is 0 Å². The molecule has 2 aromatic carbocycles. The number of carbonyl (C=O) groups excluding carboxylic acids is 1. The minimum Gasteiger partial charge on any atom is -0.380 e. The normalized spacial score (nSPS) is 10.3. The minimum atomic E-state index is -0.366. The summed E-state index contributed by atoms with van der Waals surface area (Å²) in [6.07, 6.45) is 4.78. The number of aromatic nitrogens is 2. The van der Waals surface area contributed by atoms with Gasteiger partial charge in [-0.15, -0.1) is 0 Å². The first-order valence-corrected chi connectivity index (χ1v) is 7.64. The average molecular weight is 334 g/mol. The van der Waals surface area contributed by atoms with Gasteiger partial charge in [0.25, 0.3) is 0 Å². The molecule has 0 saturated carbocycles. The van der Waals surface area contributed by atoms with Crippen LogP contribution in [0.15, 0.2) is 55.1 Å². The maximum Gasteiger partial charge on any atom is 0.161 e. The van der Waals surface area contributed by atoms with E-state index in [9.17, 15) is 9.18 Å². The summed E-state index contributed by atoms with van der Waals surface area (Å²) in [5.74, 6) is -0.469. The van der Waals surface area contributed by atoms with Crippen LogP contribution < -0.4 is 5.32 Å². The molecule has 1 N–H and O–H groups in total. The average Bonchev–Trinajstić information content (AvgIpc) is 3.13. The minimum absolute atomic E-state index is 0.103. The monoisotopic (exact) mass is 334 g/mol. The molecule has 0 amide bonds. The standard InChI is InChI=1S/C19H15FN4O/c1-13(25)16-4-2-14(10-21)9-18(16)23-11-15-3-5-19(17(20)8-15)24-7-6-22-12-24/h2-9,12,23H,11H2,1H3. The van der Waals surface area contributed by atoms with Gasteiger partial charge in [0.15, 0.2) is 5.78 Å². The number of rotatable bonds is 5. The van der Waals surface area contributed by atoms with E-state index in [1.165, 1.54) is 19.3 Å².